The van der Waals surface area contributed by atoms with Crippen LogP contribution in [0.4, 0.5) is 5.69 Å². The van der Waals surface area contributed by atoms with Crippen molar-refractivity contribution >= 4 is 15.2 Å². The molecule has 0 bridgehead atoms. The first-order valence-electron chi connectivity index (χ1n) is 5.89. The normalized spacial score (nSPS) is 11.4. The fourth-order valence-electron chi connectivity index (χ4n) is 1.48. The van der Waals surface area contributed by atoms with Gasteiger partial charge in [-0.05, 0) is 26.0 Å². The minimum Gasteiger partial charge on any atom is -0.388 e. The summed E-state index contributed by atoms with van der Waals surface area (Å²) in [5.74, 6) is 0.0474. The van der Waals surface area contributed by atoms with Crippen LogP contribution in [0, 0.1) is 0 Å². The van der Waals surface area contributed by atoms with Crippen molar-refractivity contribution in [2.75, 3.05) is 24.7 Å². The summed E-state index contributed by atoms with van der Waals surface area (Å²) in [6.07, 6.45) is 0.995. The summed E-state index contributed by atoms with van der Waals surface area (Å²) < 4.78 is 11.0. The zero-order valence-corrected chi connectivity index (χ0v) is 11.5. The molecule has 0 spiro atoms. The predicted molar refractivity (Wildman–Crippen MR) is 70.5 cm³/mol. The molecular formula is C12H21NO2Si. The number of rotatable bonds is 8. The minimum atomic E-state index is -0.396. The van der Waals surface area contributed by atoms with Gasteiger partial charge < -0.3 is 14.8 Å². The molecule has 1 aromatic rings. The molecule has 0 saturated heterocycles. The Bertz CT molecular complexity index is 263. The maximum absolute atomic E-state index is 5.52. The van der Waals surface area contributed by atoms with Gasteiger partial charge in [0.05, 0.1) is 0 Å². The van der Waals surface area contributed by atoms with Crippen molar-refractivity contribution in [1.29, 1.82) is 0 Å². The van der Waals surface area contributed by atoms with Crippen molar-refractivity contribution < 1.29 is 9.47 Å². The van der Waals surface area contributed by atoms with E-state index in [1.807, 2.05) is 32.0 Å². The Balaban J connectivity index is 2.22. The lowest BCUT2D eigenvalue weighted by molar-refractivity contribution is -0.0825. The Labute approximate surface area is 100.0 Å². The van der Waals surface area contributed by atoms with E-state index in [0.717, 1.165) is 19.4 Å². The number of anilines is 1. The SMILES string of the molecule is CCOC(OCC)[SiH2]CNc1ccccc1. The van der Waals surface area contributed by atoms with Crippen LogP contribution in [0.5, 0.6) is 0 Å². The van der Waals surface area contributed by atoms with Gasteiger partial charge >= 0.3 is 0 Å². The van der Waals surface area contributed by atoms with Crippen molar-refractivity contribution in [3.8, 4) is 0 Å². The molecule has 0 radical (unpaired) electrons. The van der Waals surface area contributed by atoms with E-state index in [9.17, 15) is 0 Å². The number of nitrogens with one attached hydrogen (secondary N) is 1. The van der Waals surface area contributed by atoms with Crippen LogP contribution in [-0.4, -0.2) is 34.8 Å². The zero-order chi connectivity index (χ0) is 11.6. The van der Waals surface area contributed by atoms with Crippen LogP contribution in [0.1, 0.15) is 13.8 Å². The van der Waals surface area contributed by atoms with Gasteiger partial charge in [-0.1, -0.05) is 18.2 Å². The number of ether oxygens (including phenoxy) is 2. The first-order valence-corrected chi connectivity index (χ1v) is 7.70. The third-order valence-corrected chi connectivity index (χ3v) is 3.67. The van der Waals surface area contributed by atoms with Crippen molar-refractivity contribution in [1.82, 2.24) is 0 Å². The second kappa shape index (κ2) is 8.33. The molecule has 0 aliphatic rings. The van der Waals surface area contributed by atoms with E-state index >= 15 is 0 Å². The van der Waals surface area contributed by atoms with Gasteiger partial charge in [0.2, 0.25) is 0 Å². The predicted octanol–water partition coefficient (Wildman–Crippen LogP) is 1.58. The van der Waals surface area contributed by atoms with Crippen LogP contribution in [0.3, 0.4) is 0 Å². The van der Waals surface area contributed by atoms with E-state index in [-0.39, 0.29) is 5.91 Å². The summed E-state index contributed by atoms with van der Waals surface area (Å²) in [6.45, 7) is 5.46. The summed E-state index contributed by atoms with van der Waals surface area (Å²) in [6, 6.07) is 10.2. The molecule has 1 N–H and O–H groups in total. The van der Waals surface area contributed by atoms with Crippen LogP contribution in [-0.2, 0) is 9.47 Å². The van der Waals surface area contributed by atoms with Gasteiger partial charge in [0.25, 0.3) is 0 Å². The molecule has 1 rings (SSSR count). The van der Waals surface area contributed by atoms with E-state index in [0.29, 0.717) is 0 Å². The molecule has 0 amide bonds. The highest BCUT2D eigenvalue weighted by Crippen LogP contribution is 2.04. The second-order valence-electron chi connectivity index (χ2n) is 3.42. The van der Waals surface area contributed by atoms with E-state index in [1.165, 1.54) is 5.69 Å². The standard InChI is InChI=1S/C12H21NO2Si/c1-3-14-12(15-4-2)16-10-13-11-8-6-5-7-9-11/h5-9,12-13H,3-4,10,16H2,1-2H3. The molecule has 0 saturated carbocycles. The van der Waals surface area contributed by atoms with E-state index in [4.69, 9.17) is 9.47 Å². The molecule has 0 aliphatic heterocycles. The fraction of sp³-hybridized carbons (Fsp3) is 0.500. The summed E-state index contributed by atoms with van der Waals surface area (Å²) >= 11 is 0. The lowest BCUT2D eigenvalue weighted by Crippen LogP contribution is -2.29. The fourth-order valence-corrected chi connectivity index (χ4v) is 2.95. The molecule has 16 heavy (non-hydrogen) atoms. The van der Waals surface area contributed by atoms with Crippen molar-refractivity contribution in [3.05, 3.63) is 30.3 Å². The molecule has 4 heteroatoms. The third kappa shape index (κ3) is 5.30. The number of hydrogen-bond acceptors (Lipinski definition) is 3. The molecule has 1 aromatic carbocycles. The number of hydrogen-bond donors (Lipinski definition) is 1. The second-order valence-corrected chi connectivity index (χ2v) is 5.17. The molecule has 3 nitrogen and oxygen atoms in total. The highest BCUT2D eigenvalue weighted by molar-refractivity contribution is 6.37. The third-order valence-electron chi connectivity index (χ3n) is 2.19. The first kappa shape index (κ1) is 13.2. The molecule has 0 aliphatic carbocycles. The summed E-state index contributed by atoms with van der Waals surface area (Å²) in [7, 11) is -0.396. The minimum absolute atomic E-state index is 0.0474. The van der Waals surface area contributed by atoms with Gasteiger partial charge in [0, 0.05) is 25.1 Å². The maximum atomic E-state index is 5.52. The Kier molecular flexibility index (Phi) is 6.88. The van der Waals surface area contributed by atoms with Crippen molar-refractivity contribution in [2.24, 2.45) is 0 Å². The topological polar surface area (TPSA) is 30.5 Å². The summed E-state index contributed by atoms with van der Waals surface area (Å²) in [5.41, 5.74) is 1.17. The average molecular weight is 239 g/mol. The van der Waals surface area contributed by atoms with Crippen molar-refractivity contribution in [3.63, 3.8) is 0 Å². The lowest BCUT2D eigenvalue weighted by atomic mass is 10.3. The molecule has 0 atom stereocenters. The Hall–Kier alpha value is -0.843. The first-order chi connectivity index (χ1) is 7.86. The van der Waals surface area contributed by atoms with E-state index in [1.54, 1.807) is 0 Å². The van der Waals surface area contributed by atoms with E-state index in [2.05, 4.69) is 17.4 Å². The molecular weight excluding hydrogens is 218 g/mol. The van der Waals surface area contributed by atoms with Crippen molar-refractivity contribution in [2.45, 2.75) is 19.8 Å². The number of para-hydroxylation sites is 1. The molecule has 0 heterocycles. The Morgan fingerprint density at radius 1 is 1.12 bits per heavy atom. The molecule has 0 aromatic heterocycles. The summed E-state index contributed by atoms with van der Waals surface area (Å²) in [5, 5.41) is 3.39. The van der Waals surface area contributed by atoms with Gasteiger partial charge in [-0.2, -0.15) is 0 Å². The molecule has 90 valence electrons. The quantitative estimate of drug-likeness (QED) is 0.552. The van der Waals surface area contributed by atoms with Gasteiger partial charge in [-0.25, -0.2) is 0 Å². The monoisotopic (exact) mass is 239 g/mol. The van der Waals surface area contributed by atoms with Crippen LogP contribution in [0.25, 0.3) is 0 Å². The van der Waals surface area contributed by atoms with Crippen LogP contribution >= 0.6 is 0 Å². The highest BCUT2D eigenvalue weighted by Gasteiger charge is 2.07. The van der Waals surface area contributed by atoms with Gasteiger partial charge in [-0.15, -0.1) is 0 Å². The smallest absolute Gasteiger partial charge is 0.136 e. The number of benzene rings is 1. The van der Waals surface area contributed by atoms with E-state index < -0.39 is 9.52 Å². The molecule has 0 fully saturated rings. The van der Waals surface area contributed by atoms with Gasteiger partial charge in [0.1, 0.15) is 15.4 Å². The Morgan fingerprint density at radius 2 is 1.75 bits per heavy atom. The summed E-state index contributed by atoms with van der Waals surface area (Å²) in [4.78, 5) is 0. The largest absolute Gasteiger partial charge is 0.388 e. The molecule has 0 unspecified atom stereocenters. The van der Waals surface area contributed by atoms with Crippen LogP contribution in [0.15, 0.2) is 30.3 Å². The highest BCUT2D eigenvalue weighted by atomic mass is 28.2. The van der Waals surface area contributed by atoms with Crippen LogP contribution < -0.4 is 5.32 Å². The zero-order valence-electron chi connectivity index (χ0n) is 10.1. The average Bonchev–Trinajstić information content (AvgIpc) is 2.31. The van der Waals surface area contributed by atoms with Crippen LogP contribution in [0.2, 0.25) is 0 Å². The maximum Gasteiger partial charge on any atom is 0.136 e. The Morgan fingerprint density at radius 3 is 2.31 bits per heavy atom. The van der Waals surface area contributed by atoms with Gasteiger partial charge in [-0.3, -0.25) is 0 Å². The lowest BCUT2D eigenvalue weighted by Gasteiger charge is -2.16. The van der Waals surface area contributed by atoms with Gasteiger partial charge in [0.15, 0.2) is 0 Å².